The Kier molecular flexibility index (Phi) is 5.07. The van der Waals surface area contributed by atoms with Crippen molar-refractivity contribution < 1.29 is 4.79 Å². The number of aryl methyl sites for hydroxylation is 2. The first-order chi connectivity index (χ1) is 14.2. The highest BCUT2D eigenvalue weighted by Gasteiger charge is 2.18. The summed E-state index contributed by atoms with van der Waals surface area (Å²) in [6.07, 6.45) is 0. The second kappa shape index (κ2) is 7.56. The summed E-state index contributed by atoms with van der Waals surface area (Å²) in [5.74, 6) is 0.919. The number of ketones is 1. The van der Waals surface area contributed by atoms with Crippen molar-refractivity contribution in [2.24, 2.45) is 0 Å². The number of benzene rings is 3. The van der Waals surface area contributed by atoms with E-state index in [0.29, 0.717) is 0 Å². The Bertz CT molecular complexity index is 1220. The van der Waals surface area contributed by atoms with E-state index in [0.717, 1.165) is 33.5 Å². The standard InChI is InChI=1S/C27H28N2O/c1-18-10-11-21(16-19(18)2)25(30)17-29-24-9-7-6-8-23(24)28-26(29)20-12-14-22(15-13-20)27(3,4)5/h6-16H,17H2,1-5H3. The Hall–Kier alpha value is -3.20. The first-order valence-corrected chi connectivity index (χ1v) is 10.4. The van der Waals surface area contributed by atoms with Crippen molar-refractivity contribution in [3.63, 3.8) is 0 Å². The van der Waals surface area contributed by atoms with Gasteiger partial charge in [-0.1, -0.05) is 69.3 Å². The molecule has 0 spiro atoms. The number of imidazole rings is 1. The zero-order chi connectivity index (χ0) is 21.5. The quantitative estimate of drug-likeness (QED) is 0.369. The number of nitrogens with zero attached hydrogens (tertiary/aromatic N) is 2. The van der Waals surface area contributed by atoms with E-state index in [1.165, 1.54) is 11.1 Å². The zero-order valence-electron chi connectivity index (χ0n) is 18.4. The van der Waals surface area contributed by atoms with Crippen LogP contribution in [0.25, 0.3) is 22.4 Å². The summed E-state index contributed by atoms with van der Waals surface area (Å²) in [6, 6.07) is 22.5. The zero-order valence-corrected chi connectivity index (χ0v) is 18.4. The number of carbonyl (C=O) groups excluding carboxylic acids is 1. The van der Waals surface area contributed by atoms with Crippen LogP contribution in [0.1, 0.15) is 47.8 Å². The SMILES string of the molecule is Cc1ccc(C(=O)Cn2c(-c3ccc(C(C)(C)C)cc3)nc3ccccc32)cc1C. The molecule has 0 radical (unpaired) electrons. The van der Waals surface area contributed by atoms with Gasteiger partial charge in [0, 0.05) is 11.1 Å². The highest BCUT2D eigenvalue weighted by Crippen LogP contribution is 2.28. The van der Waals surface area contributed by atoms with E-state index in [2.05, 4.69) is 52.0 Å². The molecule has 0 aliphatic rings. The third-order valence-electron chi connectivity index (χ3n) is 5.79. The van der Waals surface area contributed by atoms with Gasteiger partial charge in [0.25, 0.3) is 0 Å². The Morgan fingerprint density at radius 2 is 1.60 bits per heavy atom. The van der Waals surface area contributed by atoms with Gasteiger partial charge in [0.2, 0.25) is 0 Å². The molecule has 1 heterocycles. The summed E-state index contributed by atoms with van der Waals surface area (Å²) in [5.41, 5.74) is 7.34. The van der Waals surface area contributed by atoms with E-state index in [1.54, 1.807) is 0 Å². The van der Waals surface area contributed by atoms with Crippen molar-refractivity contribution in [2.75, 3.05) is 0 Å². The molecule has 4 aromatic rings. The molecule has 0 N–H and O–H groups in total. The second-order valence-electron chi connectivity index (χ2n) is 9.06. The minimum Gasteiger partial charge on any atom is -0.316 e. The minimum absolute atomic E-state index is 0.0915. The largest absolute Gasteiger partial charge is 0.316 e. The third-order valence-corrected chi connectivity index (χ3v) is 5.79. The summed E-state index contributed by atoms with van der Waals surface area (Å²) < 4.78 is 2.04. The van der Waals surface area contributed by atoms with Crippen molar-refractivity contribution in [1.29, 1.82) is 0 Å². The van der Waals surface area contributed by atoms with Crippen molar-refractivity contribution in [3.05, 3.63) is 89.0 Å². The molecule has 3 aromatic carbocycles. The maximum absolute atomic E-state index is 13.1. The Morgan fingerprint density at radius 1 is 0.900 bits per heavy atom. The average Bonchev–Trinajstić information content (AvgIpc) is 3.08. The summed E-state index contributed by atoms with van der Waals surface area (Å²) >= 11 is 0. The average molecular weight is 397 g/mol. The third kappa shape index (κ3) is 3.80. The van der Waals surface area contributed by atoms with Gasteiger partial charge in [-0.2, -0.15) is 0 Å². The number of fused-ring (bicyclic) bond motifs is 1. The highest BCUT2D eigenvalue weighted by atomic mass is 16.1. The van der Waals surface area contributed by atoms with Gasteiger partial charge in [0.05, 0.1) is 17.6 Å². The van der Waals surface area contributed by atoms with E-state index in [-0.39, 0.29) is 17.7 Å². The number of hydrogen-bond donors (Lipinski definition) is 0. The topological polar surface area (TPSA) is 34.9 Å². The lowest BCUT2D eigenvalue weighted by atomic mass is 9.87. The lowest BCUT2D eigenvalue weighted by molar-refractivity contribution is 0.0974. The van der Waals surface area contributed by atoms with Gasteiger partial charge in [-0.15, -0.1) is 0 Å². The van der Waals surface area contributed by atoms with Crippen molar-refractivity contribution in [1.82, 2.24) is 9.55 Å². The molecule has 0 bridgehead atoms. The number of aromatic nitrogens is 2. The molecule has 0 aliphatic carbocycles. The highest BCUT2D eigenvalue weighted by molar-refractivity contribution is 5.97. The molecule has 0 fully saturated rings. The number of Topliss-reactive ketones (excluding diaryl/α,β-unsaturated/α-hetero) is 1. The molecule has 4 rings (SSSR count). The first-order valence-electron chi connectivity index (χ1n) is 10.4. The van der Waals surface area contributed by atoms with Crippen molar-refractivity contribution in [2.45, 2.75) is 46.6 Å². The molecule has 1 aromatic heterocycles. The lowest BCUT2D eigenvalue weighted by Crippen LogP contribution is -2.12. The van der Waals surface area contributed by atoms with E-state index in [4.69, 9.17) is 4.98 Å². The number of rotatable bonds is 4. The van der Waals surface area contributed by atoms with Gasteiger partial charge >= 0.3 is 0 Å². The fourth-order valence-corrected chi connectivity index (χ4v) is 3.72. The van der Waals surface area contributed by atoms with Crippen LogP contribution in [0, 0.1) is 13.8 Å². The van der Waals surface area contributed by atoms with Gasteiger partial charge in [0.15, 0.2) is 5.78 Å². The summed E-state index contributed by atoms with van der Waals surface area (Å²) in [6.45, 7) is 11.0. The van der Waals surface area contributed by atoms with Crippen LogP contribution in [0.15, 0.2) is 66.7 Å². The molecule has 3 nitrogen and oxygen atoms in total. The molecule has 0 saturated carbocycles. The fraction of sp³-hybridized carbons (Fsp3) is 0.259. The molecule has 152 valence electrons. The van der Waals surface area contributed by atoms with Crippen LogP contribution >= 0.6 is 0 Å². The molecular weight excluding hydrogens is 368 g/mol. The molecule has 3 heteroatoms. The molecule has 0 amide bonds. The van der Waals surface area contributed by atoms with Crippen LogP contribution in [0.3, 0.4) is 0 Å². The molecule has 0 saturated heterocycles. The Labute approximate surface area is 178 Å². The normalized spacial score (nSPS) is 11.8. The van der Waals surface area contributed by atoms with Crippen LogP contribution in [-0.2, 0) is 12.0 Å². The minimum atomic E-state index is 0.0915. The molecular formula is C27H28N2O. The van der Waals surface area contributed by atoms with Gasteiger partial charge in [0.1, 0.15) is 5.82 Å². The van der Waals surface area contributed by atoms with E-state index < -0.39 is 0 Å². The first kappa shape index (κ1) is 20.1. The van der Waals surface area contributed by atoms with Crippen LogP contribution < -0.4 is 0 Å². The number of hydrogen-bond acceptors (Lipinski definition) is 2. The predicted molar refractivity (Wildman–Crippen MR) is 124 cm³/mol. The predicted octanol–water partition coefficient (Wildman–Crippen LogP) is 6.50. The maximum Gasteiger partial charge on any atom is 0.182 e. The second-order valence-corrected chi connectivity index (χ2v) is 9.06. The summed E-state index contributed by atoms with van der Waals surface area (Å²) in [5, 5.41) is 0. The van der Waals surface area contributed by atoms with Crippen LogP contribution in [0.5, 0.6) is 0 Å². The van der Waals surface area contributed by atoms with Gasteiger partial charge in [-0.05, 0) is 54.2 Å². The van der Waals surface area contributed by atoms with Crippen LogP contribution in [0.4, 0.5) is 0 Å². The van der Waals surface area contributed by atoms with Gasteiger partial charge < -0.3 is 4.57 Å². The van der Waals surface area contributed by atoms with E-state index in [1.807, 2.05) is 54.0 Å². The molecule has 30 heavy (non-hydrogen) atoms. The van der Waals surface area contributed by atoms with Crippen LogP contribution in [-0.4, -0.2) is 15.3 Å². The fourth-order valence-electron chi connectivity index (χ4n) is 3.72. The Morgan fingerprint density at radius 3 is 2.27 bits per heavy atom. The molecule has 0 atom stereocenters. The summed E-state index contributed by atoms with van der Waals surface area (Å²) in [7, 11) is 0. The monoisotopic (exact) mass is 396 g/mol. The molecule has 0 unspecified atom stereocenters. The van der Waals surface area contributed by atoms with Gasteiger partial charge in [-0.3, -0.25) is 4.79 Å². The van der Waals surface area contributed by atoms with E-state index in [9.17, 15) is 4.79 Å². The lowest BCUT2D eigenvalue weighted by Gasteiger charge is -2.19. The summed E-state index contributed by atoms with van der Waals surface area (Å²) in [4.78, 5) is 18.0. The smallest absolute Gasteiger partial charge is 0.182 e. The van der Waals surface area contributed by atoms with Gasteiger partial charge in [-0.25, -0.2) is 4.98 Å². The van der Waals surface area contributed by atoms with Crippen molar-refractivity contribution in [3.8, 4) is 11.4 Å². The number of carbonyl (C=O) groups is 1. The van der Waals surface area contributed by atoms with Crippen LogP contribution in [0.2, 0.25) is 0 Å². The maximum atomic E-state index is 13.1. The Balaban J connectivity index is 1.77. The number of para-hydroxylation sites is 2. The van der Waals surface area contributed by atoms with Crippen molar-refractivity contribution >= 4 is 16.8 Å². The van der Waals surface area contributed by atoms with E-state index >= 15 is 0 Å². The molecule has 0 aliphatic heterocycles.